The zero-order valence-electron chi connectivity index (χ0n) is 19.6. The second-order valence-corrected chi connectivity index (χ2v) is 11.3. The van der Waals surface area contributed by atoms with Crippen LogP contribution in [-0.4, -0.2) is 16.9 Å². The van der Waals surface area contributed by atoms with Crippen molar-refractivity contribution in [1.29, 1.82) is 0 Å². The Morgan fingerprint density at radius 2 is 1.06 bits per heavy atom. The summed E-state index contributed by atoms with van der Waals surface area (Å²) < 4.78 is 16.6. The van der Waals surface area contributed by atoms with Crippen molar-refractivity contribution in [2.24, 2.45) is 11.8 Å². The predicted octanol–water partition coefficient (Wildman–Crippen LogP) is 8.20. The number of nitrogens with zero attached hydrogens (tertiary/aromatic N) is 1. The molecule has 4 unspecified atom stereocenters. The first-order valence-electron chi connectivity index (χ1n) is 12.7. The highest BCUT2D eigenvalue weighted by molar-refractivity contribution is 7.44. The Hall–Kier alpha value is -1.25. The summed E-state index contributed by atoms with van der Waals surface area (Å²) in [6.07, 6.45) is 11.1. The number of rotatable bonds is 5. The van der Waals surface area contributed by atoms with Gasteiger partial charge in [0.15, 0.2) is 0 Å². The third-order valence-electron chi connectivity index (χ3n) is 8.05. The van der Waals surface area contributed by atoms with Gasteiger partial charge in [-0.3, -0.25) is 0 Å². The van der Waals surface area contributed by atoms with Gasteiger partial charge in [-0.05, 0) is 62.5 Å². The highest BCUT2D eigenvalue weighted by Crippen LogP contribution is 2.60. The molecule has 5 rings (SSSR count). The molecule has 32 heavy (non-hydrogen) atoms. The molecule has 2 aromatic carbocycles. The predicted molar refractivity (Wildman–Crippen MR) is 132 cm³/mol. The molecular formula is C28H38NO2P. The first-order chi connectivity index (χ1) is 15.7. The van der Waals surface area contributed by atoms with Crippen LogP contribution in [0.1, 0.15) is 88.4 Å². The van der Waals surface area contributed by atoms with E-state index in [9.17, 15) is 0 Å². The lowest BCUT2D eigenvalue weighted by Crippen LogP contribution is -2.37. The van der Waals surface area contributed by atoms with Gasteiger partial charge < -0.3 is 9.05 Å². The molecular weight excluding hydrogens is 413 g/mol. The van der Waals surface area contributed by atoms with Crippen molar-refractivity contribution >= 4 is 8.53 Å². The minimum absolute atomic E-state index is 0.222. The molecule has 1 saturated heterocycles. The number of hydrogen-bond donors (Lipinski definition) is 0. The van der Waals surface area contributed by atoms with Crippen LogP contribution < -0.4 is 0 Å². The summed E-state index contributed by atoms with van der Waals surface area (Å²) in [4.78, 5) is 0. The average molecular weight is 452 g/mol. The molecule has 172 valence electrons. The lowest BCUT2D eigenvalue weighted by atomic mass is 9.71. The molecule has 4 heteroatoms. The molecule has 0 N–H and O–H groups in total. The lowest BCUT2D eigenvalue weighted by Gasteiger charge is -2.40. The van der Waals surface area contributed by atoms with Crippen molar-refractivity contribution in [3.05, 3.63) is 71.8 Å². The van der Waals surface area contributed by atoms with Crippen LogP contribution in [0.4, 0.5) is 0 Å². The zero-order valence-corrected chi connectivity index (χ0v) is 20.5. The van der Waals surface area contributed by atoms with E-state index in [2.05, 4.69) is 79.2 Å². The van der Waals surface area contributed by atoms with Gasteiger partial charge in [-0.25, -0.2) is 4.67 Å². The zero-order chi connectivity index (χ0) is 21.9. The van der Waals surface area contributed by atoms with Gasteiger partial charge in [0, 0.05) is 12.1 Å². The molecule has 1 aliphatic heterocycles. The maximum Gasteiger partial charge on any atom is 0.260 e. The van der Waals surface area contributed by atoms with E-state index in [0.717, 1.165) is 0 Å². The Balaban J connectivity index is 1.50. The van der Waals surface area contributed by atoms with Gasteiger partial charge in [0.25, 0.3) is 8.53 Å². The molecule has 3 aliphatic rings. The van der Waals surface area contributed by atoms with E-state index >= 15 is 0 Å². The van der Waals surface area contributed by atoms with E-state index < -0.39 is 8.53 Å². The number of benzene rings is 2. The summed E-state index contributed by atoms with van der Waals surface area (Å²) in [5.74, 6) is 1.37. The molecule has 6 atom stereocenters. The second-order valence-electron chi connectivity index (χ2n) is 9.98. The van der Waals surface area contributed by atoms with E-state index in [1.807, 2.05) is 0 Å². The second kappa shape index (κ2) is 10.3. The van der Waals surface area contributed by atoms with Crippen molar-refractivity contribution in [1.82, 2.24) is 4.67 Å². The van der Waals surface area contributed by atoms with E-state index in [1.165, 1.54) is 62.5 Å². The Labute approximate surface area is 195 Å². The van der Waals surface area contributed by atoms with Gasteiger partial charge >= 0.3 is 0 Å². The highest BCUT2D eigenvalue weighted by atomic mass is 31.2. The lowest BCUT2D eigenvalue weighted by molar-refractivity contribution is 0.0346. The highest BCUT2D eigenvalue weighted by Gasteiger charge is 2.47. The Morgan fingerprint density at radius 3 is 1.50 bits per heavy atom. The van der Waals surface area contributed by atoms with Gasteiger partial charge in [-0.2, -0.15) is 0 Å². The molecule has 2 aromatic rings. The molecule has 0 radical (unpaired) electrons. The van der Waals surface area contributed by atoms with Crippen LogP contribution >= 0.6 is 8.53 Å². The molecule has 1 heterocycles. The number of hydrogen-bond acceptors (Lipinski definition) is 3. The third-order valence-corrected chi connectivity index (χ3v) is 10.0. The van der Waals surface area contributed by atoms with Crippen LogP contribution in [0.25, 0.3) is 0 Å². The van der Waals surface area contributed by atoms with Crippen LogP contribution in [0.3, 0.4) is 0 Å². The Bertz CT molecular complexity index is 778. The maximum absolute atomic E-state index is 7.02. The Kier molecular flexibility index (Phi) is 7.29. The molecule has 0 bridgehead atoms. The summed E-state index contributed by atoms with van der Waals surface area (Å²) in [7, 11) is -1.14. The first kappa shape index (κ1) is 22.5. The number of fused-ring (bicyclic) bond motifs is 3. The van der Waals surface area contributed by atoms with E-state index in [-0.39, 0.29) is 12.1 Å². The minimum atomic E-state index is -1.14. The summed E-state index contributed by atoms with van der Waals surface area (Å²) in [5.41, 5.74) is 2.66. The SMILES string of the molecule is C[C@H](c1ccccc1)N([C@H](C)c1ccccc1)P1OC2CCCCC2C2CCCCC2O1. The van der Waals surface area contributed by atoms with E-state index in [4.69, 9.17) is 9.05 Å². The summed E-state index contributed by atoms with van der Waals surface area (Å²) >= 11 is 0. The van der Waals surface area contributed by atoms with Crippen molar-refractivity contribution in [2.45, 2.75) is 89.5 Å². The third kappa shape index (κ3) is 4.68. The standard InChI is InChI=1S/C28H38NO2P/c1-21(23-13-5-3-6-14-23)29(22(2)24-15-7-4-8-16-24)32-30-27-19-11-9-17-25(27)26-18-10-12-20-28(26)31-32/h3-8,13-16,21-22,25-28H,9-12,17-20H2,1-2H3/t21-,22-,25?,26?,27?,28?,32?/m1/s1. The normalized spacial score (nSPS) is 32.4. The van der Waals surface area contributed by atoms with Crippen molar-refractivity contribution < 1.29 is 9.05 Å². The summed E-state index contributed by atoms with van der Waals surface area (Å²) in [6.45, 7) is 4.65. The van der Waals surface area contributed by atoms with Crippen LogP contribution in [0.15, 0.2) is 60.7 Å². The van der Waals surface area contributed by atoms with Gasteiger partial charge in [-0.15, -0.1) is 0 Å². The van der Waals surface area contributed by atoms with E-state index in [1.54, 1.807) is 0 Å². The molecule has 3 fully saturated rings. The van der Waals surface area contributed by atoms with E-state index in [0.29, 0.717) is 24.0 Å². The topological polar surface area (TPSA) is 21.7 Å². The van der Waals surface area contributed by atoms with Crippen molar-refractivity contribution in [2.75, 3.05) is 0 Å². The molecule has 2 saturated carbocycles. The fourth-order valence-corrected chi connectivity index (χ4v) is 8.33. The van der Waals surface area contributed by atoms with Crippen LogP contribution in [0, 0.1) is 11.8 Å². The van der Waals surface area contributed by atoms with Gasteiger partial charge in [0.1, 0.15) is 0 Å². The van der Waals surface area contributed by atoms with Crippen LogP contribution in [0.2, 0.25) is 0 Å². The van der Waals surface area contributed by atoms with Crippen LogP contribution in [-0.2, 0) is 9.05 Å². The first-order valence-corrected chi connectivity index (χ1v) is 13.9. The summed E-state index contributed by atoms with van der Waals surface area (Å²) in [6, 6.07) is 22.2. The van der Waals surface area contributed by atoms with Crippen molar-refractivity contribution in [3.8, 4) is 0 Å². The van der Waals surface area contributed by atoms with Crippen LogP contribution in [0.5, 0.6) is 0 Å². The van der Waals surface area contributed by atoms with Gasteiger partial charge in [-0.1, -0.05) is 86.3 Å². The Morgan fingerprint density at radius 1 is 0.656 bits per heavy atom. The molecule has 2 aliphatic carbocycles. The monoisotopic (exact) mass is 451 g/mol. The molecule has 0 spiro atoms. The summed E-state index contributed by atoms with van der Waals surface area (Å²) in [5, 5.41) is 0. The fraction of sp³-hybridized carbons (Fsp3) is 0.571. The maximum atomic E-state index is 7.02. The fourth-order valence-electron chi connectivity index (χ4n) is 6.24. The average Bonchev–Trinajstić information content (AvgIpc) is 3.02. The van der Waals surface area contributed by atoms with Gasteiger partial charge in [0.05, 0.1) is 12.2 Å². The molecule has 0 aromatic heterocycles. The molecule has 3 nitrogen and oxygen atoms in total. The van der Waals surface area contributed by atoms with Gasteiger partial charge in [0.2, 0.25) is 0 Å². The largest absolute Gasteiger partial charge is 0.318 e. The van der Waals surface area contributed by atoms with Crippen molar-refractivity contribution in [3.63, 3.8) is 0 Å². The molecule has 0 amide bonds. The quantitative estimate of drug-likeness (QED) is 0.428. The minimum Gasteiger partial charge on any atom is -0.318 e. The smallest absolute Gasteiger partial charge is 0.260 e.